The SMILES string of the molecule is C=CCc1ccccc1OCC(O)CNC(C)c1ccc(-n2cnnn2)cc1. The van der Waals surface area contributed by atoms with E-state index in [1.807, 2.05) is 54.6 Å². The zero-order valence-electron chi connectivity index (χ0n) is 15.9. The van der Waals surface area contributed by atoms with Gasteiger partial charge in [-0.05, 0) is 53.1 Å². The van der Waals surface area contributed by atoms with Gasteiger partial charge in [0.1, 0.15) is 24.8 Å². The van der Waals surface area contributed by atoms with Crippen LogP contribution in [0.25, 0.3) is 5.69 Å². The first-order valence-corrected chi connectivity index (χ1v) is 9.23. The van der Waals surface area contributed by atoms with Crippen LogP contribution in [-0.4, -0.2) is 44.6 Å². The van der Waals surface area contributed by atoms with E-state index in [2.05, 4.69) is 34.3 Å². The molecular weight excluding hydrogens is 354 g/mol. The monoisotopic (exact) mass is 379 g/mol. The number of para-hydroxylation sites is 1. The van der Waals surface area contributed by atoms with E-state index in [-0.39, 0.29) is 12.6 Å². The van der Waals surface area contributed by atoms with E-state index < -0.39 is 6.10 Å². The second kappa shape index (κ2) is 9.77. The van der Waals surface area contributed by atoms with Crippen molar-refractivity contribution in [2.45, 2.75) is 25.5 Å². The molecule has 7 nitrogen and oxygen atoms in total. The number of aliphatic hydroxyl groups excluding tert-OH is 1. The van der Waals surface area contributed by atoms with Crippen LogP contribution >= 0.6 is 0 Å². The van der Waals surface area contributed by atoms with E-state index in [1.54, 1.807) is 11.0 Å². The molecule has 28 heavy (non-hydrogen) atoms. The summed E-state index contributed by atoms with van der Waals surface area (Å²) in [6.07, 6.45) is 3.52. The molecule has 146 valence electrons. The molecule has 0 radical (unpaired) electrons. The summed E-state index contributed by atoms with van der Waals surface area (Å²) < 4.78 is 7.39. The first-order chi connectivity index (χ1) is 13.7. The minimum Gasteiger partial charge on any atom is -0.491 e. The topological polar surface area (TPSA) is 85.1 Å². The number of aliphatic hydroxyl groups is 1. The lowest BCUT2D eigenvalue weighted by Crippen LogP contribution is -2.33. The van der Waals surface area contributed by atoms with Crippen molar-refractivity contribution in [3.05, 3.63) is 78.6 Å². The molecule has 0 saturated heterocycles. The highest BCUT2D eigenvalue weighted by molar-refractivity contribution is 5.35. The molecule has 7 heteroatoms. The summed E-state index contributed by atoms with van der Waals surface area (Å²) in [6, 6.07) is 15.8. The van der Waals surface area contributed by atoms with Gasteiger partial charge in [-0.3, -0.25) is 0 Å². The van der Waals surface area contributed by atoms with Crippen molar-refractivity contribution in [1.29, 1.82) is 0 Å². The number of nitrogens with zero attached hydrogens (tertiary/aromatic N) is 4. The third-order valence-corrected chi connectivity index (χ3v) is 4.43. The molecular formula is C21H25N5O2. The van der Waals surface area contributed by atoms with Crippen molar-refractivity contribution in [2.24, 2.45) is 0 Å². The van der Waals surface area contributed by atoms with Gasteiger partial charge in [0.15, 0.2) is 0 Å². The van der Waals surface area contributed by atoms with Crippen molar-refractivity contribution in [2.75, 3.05) is 13.2 Å². The zero-order valence-corrected chi connectivity index (χ0v) is 15.9. The quantitative estimate of drug-likeness (QED) is 0.527. The summed E-state index contributed by atoms with van der Waals surface area (Å²) in [5, 5.41) is 24.7. The molecule has 2 aromatic carbocycles. The Labute approximate surface area is 164 Å². The number of tetrazole rings is 1. The molecule has 0 amide bonds. The second-order valence-corrected chi connectivity index (χ2v) is 6.54. The number of rotatable bonds is 10. The third-order valence-electron chi connectivity index (χ3n) is 4.43. The van der Waals surface area contributed by atoms with E-state index in [0.717, 1.165) is 29.0 Å². The van der Waals surface area contributed by atoms with E-state index in [0.29, 0.717) is 6.54 Å². The van der Waals surface area contributed by atoms with Crippen LogP contribution in [0.1, 0.15) is 24.1 Å². The molecule has 0 aliphatic carbocycles. The van der Waals surface area contributed by atoms with Gasteiger partial charge in [-0.1, -0.05) is 36.4 Å². The fraction of sp³-hybridized carbons (Fsp3) is 0.286. The molecule has 0 aliphatic heterocycles. The van der Waals surface area contributed by atoms with Gasteiger partial charge in [-0.15, -0.1) is 11.7 Å². The number of benzene rings is 2. The minimum atomic E-state index is -0.611. The van der Waals surface area contributed by atoms with Gasteiger partial charge in [-0.2, -0.15) is 0 Å². The lowest BCUT2D eigenvalue weighted by atomic mass is 10.1. The van der Waals surface area contributed by atoms with Gasteiger partial charge in [0.25, 0.3) is 0 Å². The summed E-state index contributed by atoms with van der Waals surface area (Å²) in [7, 11) is 0. The normalized spacial score (nSPS) is 13.1. The van der Waals surface area contributed by atoms with Crippen LogP contribution in [0.2, 0.25) is 0 Å². The molecule has 1 heterocycles. The Kier molecular flexibility index (Phi) is 6.89. The predicted octanol–water partition coefficient (Wildman–Crippen LogP) is 2.48. The third kappa shape index (κ3) is 5.25. The van der Waals surface area contributed by atoms with E-state index in [4.69, 9.17) is 4.74 Å². The van der Waals surface area contributed by atoms with Gasteiger partial charge < -0.3 is 15.2 Å². The predicted molar refractivity (Wildman–Crippen MR) is 107 cm³/mol. The molecule has 1 aromatic heterocycles. The lowest BCUT2D eigenvalue weighted by molar-refractivity contribution is 0.104. The second-order valence-electron chi connectivity index (χ2n) is 6.54. The molecule has 0 saturated carbocycles. The molecule has 0 spiro atoms. The Balaban J connectivity index is 1.47. The summed E-state index contributed by atoms with van der Waals surface area (Å²) in [5.41, 5.74) is 3.07. The Hall–Kier alpha value is -3.03. The van der Waals surface area contributed by atoms with E-state index in [9.17, 15) is 5.11 Å². The molecule has 0 aliphatic rings. The zero-order chi connectivity index (χ0) is 19.8. The van der Waals surface area contributed by atoms with Gasteiger partial charge in [0.05, 0.1) is 5.69 Å². The minimum absolute atomic E-state index is 0.0885. The number of aromatic nitrogens is 4. The van der Waals surface area contributed by atoms with Crippen LogP contribution < -0.4 is 10.1 Å². The summed E-state index contributed by atoms with van der Waals surface area (Å²) in [6.45, 7) is 6.48. The first-order valence-electron chi connectivity index (χ1n) is 9.23. The lowest BCUT2D eigenvalue weighted by Gasteiger charge is -2.19. The Morgan fingerprint density at radius 3 is 2.71 bits per heavy atom. The number of allylic oxidation sites excluding steroid dienone is 1. The number of nitrogens with one attached hydrogen (secondary N) is 1. The maximum atomic E-state index is 10.3. The van der Waals surface area contributed by atoms with Gasteiger partial charge in [0.2, 0.25) is 0 Å². The molecule has 2 N–H and O–H groups in total. The summed E-state index contributed by atoms with van der Waals surface area (Å²) >= 11 is 0. The largest absolute Gasteiger partial charge is 0.491 e. The van der Waals surface area contributed by atoms with E-state index in [1.165, 1.54) is 0 Å². The van der Waals surface area contributed by atoms with Crippen molar-refractivity contribution < 1.29 is 9.84 Å². The molecule has 0 fully saturated rings. The van der Waals surface area contributed by atoms with Crippen molar-refractivity contribution >= 4 is 0 Å². The average Bonchev–Trinajstić information content (AvgIpc) is 3.26. The molecule has 0 bridgehead atoms. The van der Waals surface area contributed by atoms with Crippen LogP contribution in [0.3, 0.4) is 0 Å². The highest BCUT2D eigenvalue weighted by Gasteiger charge is 2.11. The number of hydrogen-bond acceptors (Lipinski definition) is 6. The first kappa shape index (κ1) is 19.7. The van der Waals surface area contributed by atoms with Crippen molar-refractivity contribution in [1.82, 2.24) is 25.5 Å². The van der Waals surface area contributed by atoms with Crippen LogP contribution in [0.5, 0.6) is 5.75 Å². The maximum absolute atomic E-state index is 10.3. The van der Waals surface area contributed by atoms with E-state index >= 15 is 0 Å². The van der Waals surface area contributed by atoms with Crippen molar-refractivity contribution in [3.8, 4) is 11.4 Å². The smallest absolute Gasteiger partial charge is 0.143 e. The average molecular weight is 379 g/mol. The molecule has 2 unspecified atom stereocenters. The molecule has 3 rings (SSSR count). The van der Waals surface area contributed by atoms with Gasteiger partial charge >= 0.3 is 0 Å². The fourth-order valence-corrected chi connectivity index (χ4v) is 2.84. The van der Waals surface area contributed by atoms with Crippen LogP contribution in [-0.2, 0) is 6.42 Å². The highest BCUT2D eigenvalue weighted by atomic mass is 16.5. The summed E-state index contributed by atoms with van der Waals surface area (Å²) in [4.78, 5) is 0. The standard InChI is InChI=1S/C21H25N5O2/c1-3-6-18-7-4-5-8-21(18)28-14-20(27)13-22-16(2)17-9-11-19(12-10-17)26-15-23-24-25-26/h3-5,7-12,15-16,20,22,27H,1,6,13-14H2,2H3. The summed E-state index contributed by atoms with van der Waals surface area (Å²) in [5.74, 6) is 0.785. The number of ether oxygens (including phenoxy) is 1. The molecule has 3 aromatic rings. The highest BCUT2D eigenvalue weighted by Crippen LogP contribution is 2.19. The van der Waals surface area contributed by atoms with Crippen LogP contribution in [0, 0.1) is 0 Å². The number of hydrogen-bond donors (Lipinski definition) is 2. The maximum Gasteiger partial charge on any atom is 0.143 e. The molecule has 2 atom stereocenters. The van der Waals surface area contributed by atoms with Crippen molar-refractivity contribution in [3.63, 3.8) is 0 Å². The Morgan fingerprint density at radius 2 is 2.00 bits per heavy atom. The Bertz CT molecular complexity index is 865. The van der Waals surface area contributed by atoms with Crippen LogP contribution in [0.4, 0.5) is 0 Å². The fourth-order valence-electron chi connectivity index (χ4n) is 2.84. The Morgan fingerprint density at radius 1 is 1.21 bits per heavy atom. The van der Waals surface area contributed by atoms with Gasteiger partial charge in [-0.25, -0.2) is 4.68 Å². The van der Waals surface area contributed by atoms with Crippen LogP contribution in [0.15, 0.2) is 67.5 Å². The van der Waals surface area contributed by atoms with Gasteiger partial charge in [0, 0.05) is 12.6 Å².